The Morgan fingerprint density at radius 1 is 1.38 bits per heavy atom. The molecule has 0 heterocycles. The molecule has 4 N–H and O–H groups in total. The summed E-state index contributed by atoms with van der Waals surface area (Å²) in [6, 6.07) is 1.37. The topological polar surface area (TPSA) is 66.5 Å². The van der Waals surface area contributed by atoms with E-state index in [9.17, 15) is 8.78 Å². The number of phenolic OH excluding ortho intramolecular Hbond substituents is 1. The van der Waals surface area contributed by atoms with Gasteiger partial charge in [0.2, 0.25) is 0 Å². The highest BCUT2D eigenvalue weighted by Crippen LogP contribution is 2.27. The van der Waals surface area contributed by atoms with Gasteiger partial charge in [0.25, 0.3) is 0 Å². The molecule has 0 radical (unpaired) electrons. The van der Waals surface area contributed by atoms with Crippen LogP contribution in [0.25, 0.3) is 0 Å². The SMILES string of the molecule is NC[C@@H](O)c1cc(F)cc(F)c1O. The van der Waals surface area contributed by atoms with Crippen molar-refractivity contribution < 1.29 is 19.0 Å². The van der Waals surface area contributed by atoms with E-state index in [0.29, 0.717) is 6.07 Å². The monoisotopic (exact) mass is 189 g/mol. The quantitative estimate of drug-likeness (QED) is 0.640. The van der Waals surface area contributed by atoms with Crippen molar-refractivity contribution in [2.75, 3.05) is 6.54 Å². The molecule has 0 aromatic heterocycles. The molecule has 0 aliphatic carbocycles. The van der Waals surface area contributed by atoms with Gasteiger partial charge >= 0.3 is 0 Å². The predicted molar refractivity (Wildman–Crippen MR) is 42.0 cm³/mol. The van der Waals surface area contributed by atoms with E-state index in [2.05, 4.69) is 0 Å². The Kier molecular flexibility index (Phi) is 2.79. The maximum atomic E-state index is 12.7. The predicted octanol–water partition coefficient (Wildman–Crippen LogP) is 0.662. The third-order valence-electron chi connectivity index (χ3n) is 1.64. The third kappa shape index (κ3) is 1.93. The molecule has 0 aliphatic rings. The van der Waals surface area contributed by atoms with Gasteiger partial charge in [0.15, 0.2) is 11.6 Å². The number of aromatic hydroxyl groups is 1. The molecule has 3 nitrogen and oxygen atoms in total. The molecule has 1 atom stereocenters. The van der Waals surface area contributed by atoms with Gasteiger partial charge in [-0.1, -0.05) is 0 Å². The van der Waals surface area contributed by atoms with Gasteiger partial charge < -0.3 is 15.9 Å². The zero-order chi connectivity index (χ0) is 10.0. The highest BCUT2D eigenvalue weighted by molar-refractivity contribution is 5.36. The van der Waals surface area contributed by atoms with Crippen molar-refractivity contribution in [3.63, 3.8) is 0 Å². The van der Waals surface area contributed by atoms with E-state index >= 15 is 0 Å². The highest BCUT2D eigenvalue weighted by atomic mass is 19.1. The fourth-order valence-electron chi connectivity index (χ4n) is 0.967. The van der Waals surface area contributed by atoms with E-state index in [1.807, 2.05) is 0 Å². The minimum Gasteiger partial charge on any atom is -0.505 e. The fourth-order valence-corrected chi connectivity index (χ4v) is 0.967. The van der Waals surface area contributed by atoms with Gasteiger partial charge in [-0.2, -0.15) is 0 Å². The van der Waals surface area contributed by atoms with Crippen molar-refractivity contribution in [1.29, 1.82) is 0 Å². The molecule has 13 heavy (non-hydrogen) atoms. The lowest BCUT2D eigenvalue weighted by molar-refractivity contribution is 0.181. The largest absolute Gasteiger partial charge is 0.505 e. The molecular weight excluding hydrogens is 180 g/mol. The zero-order valence-electron chi connectivity index (χ0n) is 6.67. The average Bonchev–Trinajstić information content (AvgIpc) is 2.10. The summed E-state index contributed by atoms with van der Waals surface area (Å²) in [7, 11) is 0. The van der Waals surface area contributed by atoms with Crippen LogP contribution in [0.2, 0.25) is 0 Å². The second kappa shape index (κ2) is 3.68. The Morgan fingerprint density at radius 2 is 2.00 bits per heavy atom. The van der Waals surface area contributed by atoms with Crippen molar-refractivity contribution >= 4 is 0 Å². The van der Waals surface area contributed by atoms with Crippen LogP contribution in [0.4, 0.5) is 8.78 Å². The number of rotatable bonds is 2. The summed E-state index contributed by atoms with van der Waals surface area (Å²) in [5.74, 6) is -2.74. The van der Waals surface area contributed by atoms with Crippen LogP contribution in [0.1, 0.15) is 11.7 Å². The van der Waals surface area contributed by atoms with E-state index < -0.39 is 23.5 Å². The molecule has 0 spiro atoms. The molecule has 1 rings (SSSR count). The van der Waals surface area contributed by atoms with Gasteiger partial charge in [-0.25, -0.2) is 8.78 Å². The Bertz CT molecular complexity index is 317. The lowest BCUT2D eigenvalue weighted by Gasteiger charge is -2.10. The molecule has 5 heteroatoms. The van der Waals surface area contributed by atoms with Crippen LogP contribution in [-0.4, -0.2) is 16.8 Å². The number of halogens is 2. The van der Waals surface area contributed by atoms with Crippen LogP contribution in [-0.2, 0) is 0 Å². The van der Waals surface area contributed by atoms with E-state index in [1.165, 1.54) is 0 Å². The number of benzene rings is 1. The van der Waals surface area contributed by atoms with E-state index in [0.717, 1.165) is 6.07 Å². The maximum Gasteiger partial charge on any atom is 0.168 e. The second-order valence-corrected chi connectivity index (χ2v) is 2.58. The molecular formula is C8H9F2NO2. The minimum atomic E-state index is -1.26. The van der Waals surface area contributed by atoms with Crippen LogP contribution >= 0.6 is 0 Å². The van der Waals surface area contributed by atoms with Crippen LogP contribution in [0, 0.1) is 11.6 Å². The summed E-state index contributed by atoms with van der Waals surface area (Å²) in [5, 5.41) is 18.2. The Labute approximate surface area is 73.4 Å². The van der Waals surface area contributed by atoms with E-state index in [1.54, 1.807) is 0 Å². The number of hydrogen-bond acceptors (Lipinski definition) is 3. The minimum absolute atomic E-state index is 0.212. The lowest BCUT2D eigenvalue weighted by atomic mass is 10.1. The fraction of sp³-hybridized carbons (Fsp3) is 0.250. The van der Waals surface area contributed by atoms with Crippen molar-refractivity contribution in [3.8, 4) is 5.75 Å². The number of nitrogens with two attached hydrogens (primary N) is 1. The molecule has 0 bridgehead atoms. The number of phenols is 1. The van der Waals surface area contributed by atoms with Crippen LogP contribution in [0.3, 0.4) is 0 Å². The summed E-state index contributed by atoms with van der Waals surface area (Å²) < 4.78 is 25.3. The molecule has 1 aromatic rings. The van der Waals surface area contributed by atoms with E-state index in [-0.39, 0.29) is 12.1 Å². The van der Waals surface area contributed by atoms with Crippen LogP contribution in [0.15, 0.2) is 12.1 Å². The molecule has 0 saturated carbocycles. The molecule has 0 fully saturated rings. The molecule has 1 aromatic carbocycles. The van der Waals surface area contributed by atoms with E-state index in [4.69, 9.17) is 15.9 Å². The van der Waals surface area contributed by atoms with Crippen molar-refractivity contribution in [2.24, 2.45) is 5.73 Å². The number of aliphatic hydroxyl groups is 1. The molecule has 72 valence electrons. The lowest BCUT2D eigenvalue weighted by Crippen LogP contribution is -2.12. The van der Waals surface area contributed by atoms with Crippen molar-refractivity contribution in [1.82, 2.24) is 0 Å². The zero-order valence-corrected chi connectivity index (χ0v) is 6.67. The first kappa shape index (κ1) is 9.88. The summed E-state index contributed by atoms with van der Waals surface area (Å²) >= 11 is 0. The first-order valence-corrected chi connectivity index (χ1v) is 3.62. The number of aliphatic hydroxyl groups excluding tert-OH is 1. The van der Waals surface area contributed by atoms with Gasteiger partial charge in [-0.15, -0.1) is 0 Å². The van der Waals surface area contributed by atoms with Gasteiger partial charge in [-0.3, -0.25) is 0 Å². The molecule has 0 unspecified atom stereocenters. The first-order chi connectivity index (χ1) is 6.06. The highest BCUT2D eigenvalue weighted by Gasteiger charge is 2.15. The maximum absolute atomic E-state index is 12.7. The van der Waals surface area contributed by atoms with Gasteiger partial charge in [0, 0.05) is 18.2 Å². The summed E-state index contributed by atoms with van der Waals surface area (Å²) in [5.41, 5.74) is 4.83. The smallest absolute Gasteiger partial charge is 0.168 e. The second-order valence-electron chi connectivity index (χ2n) is 2.58. The summed E-state index contributed by atoms with van der Waals surface area (Å²) in [6.45, 7) is -0.212. The third-order valence-corrected chi connectivity index (χ3v) is 1.64. The Morgan fingerprint density at radius 3 is 2.54 bits per heavy atom. The van der Waals surface area contributed by atoms with Gasteiger partial charge in [-0.05, 0) is 6.07 Å². The van der Waals surface area contributed by atoms with Gasteiger partial charge in [0.1, 0.15) is 5.82 Å². The normalized spacial score (nSPS) is 12.9. The molecule has 0 aliphatic heterocycles. The Balaban J connectivity index is 3.20. The van der Waals surface area contributed by atoms with Gasteiger partial charge in [0.05, 0.1) is 6.10 Å². The summed E-state index contributed by atoms with van der Waals surface area (Å²) in [4.78, 5) is 0. The standard InChI is InChI=1S/C8H9F2NO2/c9-4-1-5(7(12)3-11)8(13)6(10)2-4/h1-2,7,12-13H,3,11H2/t7-/m1/s1. The molecule has 0 amide bonds. The Hall–Kier alpha value is -1.20. The average molecular weight is 189 g/mol. The van der Waals surface area contributed by atoms with Crippen molar-refractivity contribution in [2.45, 2.75) is 6.10 Å². The number of hydrogen-bond donors (Lipinski definition) is 3. The van der Waals surface area contributed by atoms with Crippen molar-refractivity contribution in [3.05, 3.63) is 29.3 Å². The molecule has 0 saturated heterocycles. The van der Waals surface area contributed by atoms with Crippen LogP contribution < -0.4 is 5.73 Å². The van der Waals surface area contributed by atoms with Crippen LogP contribution in [0.5, 0.6) is 5.75 Å². The first-order valence-electron chi connectivity index (χ1n) is 3.62. The summed E-state index contributed by atoms with van der Waals surface area (Å²) in [6.07, 6.45) is -1.26.